The molecule has 186 valence electrons. The first-order chi connectivity index (χ1) is 16.8. The normalized spacial score (nSPS) is 19.7. The molecule has 0 spiro atoms. The van der Waals surface area contributed by atoms with Crippen molar-refractivity contribution in [2.75, 3.05) is 39.3 Å². The molecule has 1 saturated heterocycles. The third kappa shape index (κ3) is 5.87. The summed E-state index contributed by atoms with van der Waals surface area (Å²) in [6.45, 7) is 5.38. The predicted molar refractivity (Wildman–Crippen MR) is 128 cm³/mol. The standard InChI is InChI=1S/C27H30F3N3O2/c28-27(29,30)35-25-7-3-4-20(17-25)21-8-9-23-18-31(11-10-22(23)16-21)19-26(34)33-14-12-32(13-15-33)24-5-1-2-6-24/h1-4,7-9,16-17,24H,5-6,10-15,18-19H2. The zero-order valence-corrected chi connectivity index (χ0v) is 19.6. The van der Waals surface area contributed by atoms with E-state index in [1.807, 2.05) is 23.1 Å². The first-order valence-corrected chi connectivity index (χ1v) is 12.2. The second-order valence-electron chi connectivity index (χ2n) is 9.53. The van der Waals surface area contributed by atoms with Crippen molar-refractivity contribution >= 4 is 5.91 Å². The Morgan fingerprint density at radius 1 is 0.914 bits per heavy atom. The van der Waals surface area contributed by atoms with Crippen molar-refractivity contribution in [2.24, 2.45) is 0 Å². The van der Waals surface area contributed by atoms with Gasteiger partial charge in [-0.15, -0.1) is 13.2 Å². The van der Waals surface area contributed by atoms with Gasteiger partial charge in [0.05, 0.1) is 6.54 Å². The minimum atomic E-state index is -4.71. The van der Waals surface area contributed by atoms with E-state index in [2.05, 4.69) is 26.7 Å². The molecule has 2 aromatic rings. The van der Waals surface area contributed by atoms with Crippen LogP contribution in [0.3, 0.4) is 0 Å². The fraction of sp³-hybridized carbons (Fsp3) is 0.444. The van der Waals surface area contributed by atoms with Gasteiger partial charge in [0.1, 0.15) is 5.75 Å². The lowest BCUT2D eigenvalue weighted by Crippen LogP contribution is -2.53. The summed E-state index contributed by atoms with van der Waals surface area (Å²) in [7, 11) is 0. The highest BCUT2D eigenvalue weighted by atomic mass is 19.4. The van der Waals surface area contributed by atoms with Gasteiger partial charge in [-0.1, -0.05) is 42.5 Å². The highest BCUT2D eigenvalue weighted by Gasteiger charge is 2.31. The number of piperazine rings is 1. The number of hydrogen-bond donors (Lipinski definition) is 0. The van der Waals surface area contributed by atoms with Crippen LogP contribution in [0.5, 0.6) is 5.75 Å². The molecular weight excluding hydrogens is 455 g/mol. The van der Waals surface area contributed by atoms with Crippen LogP contribution in [0.15, 0.2) is 54.6 Å². The van der Waals surface area contributed by atoms with Gasteiger partial charge in [0.25, 0.3) is 0 Å². The molecule has 0 saturated carbocycles. The zero-order chi connectivity index (χ0) is 24.4. The molecule has 2 aromatic carbocycles. The molecule has 2 aliphatic heterocycles. The third-order valence-electron chi connectivity index (χ3n) is 7.22. The molecule has 3 aliphatic rings. The maximum atomic E-state index is 12.9. The summed E-state index contributed by atoms with van der Waals surface area (Å²) in [5.74, 6) is -0.0334. The minimum Gasteiger partial charge on any atom is -0.406 e. The lowest BCUT2D eigenvalue weighted by molar-refractivity contribution is -0.274. The minimum absolute atomic E-state index is 0.191. The Labute approximate surface area is 203 Å². The largest absolute Gasteiger partial charge is 0.573 e. The molecule has 2 heterocycles. The number of alkyl halides is 3. The summed E-state index contributed by atoms with van der Waals surface area (Å²) in [5, 5.41) is 0. The summed E-state index contributed by atoms with van der Waals surface area (Å²) in [4.78, 5) is 19.6. The second-order valence-corrected chi connectivity index (χ2v) is 9.53. The SMILES string of the molecule is O=C(CN1CCc2cc(-c3cccc(OC(F)(F)F)c3)ccc2C1)N1CCN(C2CC=CC2)CC1. The second kappa shape index (κ2) is 10.0. The number of carbonyl (C=O) groups excluding carboxylic acids is 1. The van der Waals surface area contributed by atoms with Crippen molar-refractivity contribution in [3.05, 3.63) is 65.7 Å². The maximum Gasteiger partial charge on any atom is 0.573 e. The molecule has 0 bridgehead atoms. The highest BCUT2D eigenvalue weighted by Crippen LogP contribution is 2.30. The average Bonchev–Trinajstić information content (AvgIpc) is 3.38. The highest BCUT2D eigenvalue weighted by molar-refractivity contribution is 5.78. The Morgan fingerprint density at radius 3 is 2.40 bits per heavy atom. The maximum absolute atomic E-state index is 12.9. The van der Waals surface area contributed by atoms with Crippen LogP contribution < -0.4 is 4.74 Å². The Bertz CT molecular complexity index is 1090. The van der Waals surface area contributed by atoms with Gasteiger partial charge in [-0.25, -0.2) is 0 Å². The zero-order valence-electron chi connectivity index (χ0n) is 19.6. The first-order valence-electron chi connectivity index (χ1n) is 12.2. The number of rotatable bonds is 5. The molecule has 1 amide bonds. The van der Waals surface area contributed by atoms with E-state index < -0.39 is 6.36 Å². The molecule has 0 N–H and O–H groups in total. The van der Waals surface area contributed by atoms with Crippen LogP contribution in [0.25, 0.3) is 11.1 Å². The Morgan fingerprint density at radius 2 is 1.66 bits per heavy atom. The van der Waals surface area contributed by atoms with E-state index in [0.29, 0.717) is 24.7 Å². The summed E-state index contributed by atoms with van der Waals surface area (Å²) >= 11 is 0. The molecule has 0 atom stereocenters. The lowest BCUT2D eigenvalue weighted by atomic mass is 9.94. The third-order valence-corrected chi connectivity index (χ3v) is 7.22. The van der Waals surface area contributed by atoms with Crippen LogP contribution in [-0.2, 0) is 17.8 Å². The van der Waals surface area contributed by atoms with E-state index in [0.717, 1.165) is 63.1 Å². The molecule has 5 nitrogen and oxygen atoms in total. The Balaban J connectivity index is 1.17. The quantitative estimate of drug-likeness (QED) is 0.586. The fourth-order valence-electron chi connectivity index (χ4n) is 5.33. The molecule has 1 aliphatic carbocycles. The number of ether oxygens (including phenoxy) is 1. The van der Waals surface area contributed by atoms with Gasteiger partial charge in [-0.2, -0.15) is 0 Å². The number of benzene rings is 2. The molecule has 8 heteroatoms. The molecule has 5 rings (SSSR count). The van der Waals surface area contributed by atoms with Gasteiger partial charge in [0.2, 0.25) is 5.91 Å². The smallest absolute Gasteiger partial charge is 0.406 e. The first kappa shape index (κ1) is 23.9. The lowest BCUT2D eigenvalue weighted by Gasteiger charge is -2.39. The van der Waals surface area contributed by atoms with Gasteiger partial charge in [0.15, 0.2) is 0 Å². The molecule has 0 unspecified atom stereocenters. The monoisotopic (exact) mass is 485 g/mol. The van der Waals surface area contributed by atoms with Crippen LogP contribution in [0.1, 0.15) is 24.0 Å². The number of fused-ring (bicyclic) bond motifs is 1. The van der Waals surface area contributed by atoms with Gasteiger partial charge >= 0.3 is 6.36 Å². The molecular formula is C27H30F3N3O2. The number of carbonyl (C=O) groups is 1. The van der Waals surface area contributed by atoms with Crippen molar-refractivity contribution in [1.82, 2.24) is 14.7 Å². The molecule has 1 fully saturated rings. The van der Waals surface area contributed by atoms with E-state index in [4.69, 9.17) is 0 Å². The summed E-state index contributed by atoms with van der Waals surface area (Å²) in [6.07, 6.45) is 2.83. The van der Waals surface area contributed by atoms with E-state index in [1.54, 1.807) is 12.1 Å². The van der Waals surface area contributed by atoms with E-state index in [9.17, 15) is 18.0 Å². The van der Waals surface area contributed by atoms with Crippen molar-refractivity contribution in [3.8, 4) is 16.9 Å². The molecule has 0 radical (unpaired) electrons. The van der Waals surface area contributed by atoms with E-state index >= 15 is 0 Å². The number of nitrogens with zero attached hydrogens (tertiary/aromatic N) is 3. The average molecular weight is 486 g/mol. The topological polar surface area (TPSA) is 36.0 Å². The van der Waals surface area contributed by atoms with Gasteiger partial charge in [-0.05, 0) is 53.6 Å². The number of amides is 1. The Hall–Kier alpha value is -2.84. The molecule has 0 aromatic heterocycles. The summed E-state index contributed by atoms with van der Waals surface area (Å²) in [6, 6.07) is 12.6. The number of halogens is 3. The van der Waals surface area contributed by atoms with Crippen molar-refractivity contribution in [2.45, 2.75) is 38.2 Å². The summed E-state index contributed by atoms with van der Waals surface area (Å²) in [5.41, 5.74) is 3.87. The van der Waals surface area contributed by atoms with Gasteiger partial charge in [-0.3, -0.25) is 14.6 Å². The van der Waals surface area contributed by atoms with Crippen molar-refractivity contribution in [3.63, 3.8) is 0 Å². The van der Waals surface area contributed by atoms with Crippen molar-refractivity contribution in [1.29, 1.82) is 0 Å². The van der Waals surface area contributed by atoms with Gasteiger partial charge in [0, 0.05) is 45.3 Å². The van der Waals surface area contributed by atoms with Crippen LogP contribution in [-0.4, -0.2) is 72.3 Å². The van der Waals surface area contributed by atoms with Crippen molar-refractivity contribution < 1.29 is 22.7 Å². The molecule has 35 heavy (non-hydrogen) atoms. The van der Waals surface area contributed by atoms with E-state index in [1.165, 1.54) is 17.7 Å². The van der Waals surface area contributed by atoms with Gasteiger partial charge < -0.3 is 9.64 Å². The van der Waals surface area contributed by atoms with Crippen LogP contribution >= 0.6 is 0 Å². The fourth-order valence-corrected chi connectivity index (χ4v) is 5.33. The predicted octanol–water partition coefficient (Wildman–Crippen LogP) is 4.47. The Kier molecular flexibility index (Phi) is 6.84. The van der Waals surface area contributed by atoms with Crippen LogP contribution in [0, 0.1) is 0 Å². The summed E-state index contributed by atoms with van der Waals surface area (Å²) < 4.78 is 41.8. The van der Waals surface area contributed by atoms with Crippen LogP contribution in [0.2, 0.25) is 0 Å². The number of hydrogen-bond acceptors (Lipinski definition) is 4. The van der Waals surface area contributed by atoms with Crippen LogP contribution in [0.4, 0.5) is 13.2 Å². The van der Waals surface area contributed by atoms with E-state index in [-0.39, 0.29) is 11.7 Å².